The van der Waals surface area contributed by atoms with Crippen LogP contribution in [0.5, 0.6) is 0 Å². The van der Waals surface area contributed by atoms with Crippen LogP contribution >= 0.6 is 27.5 Å². The van der Waals surface area contributed by atoms with Crippen molar-refractivity contribution in [2.24, 2.45) is 10.4 Å². The van der Waals surface area contributed by atoms with Crippen LogP contribution in [0.4, 0.5) is 11.5 Å². The molecule has 31 heavy (non-hydrogen) atoms. The average Bonchev–Trinajstić information content (AvgIpc) is 3.38. The lowest BCUT2D eigenvalue weighted by Gasteiger charge is -2.26. The second kappa shape index (κ2) is 9.20. The maximum atomic E-state index is 10.8. The van der Waals surface area contributed by atoms with Crippen LogP contribution in [0.1, 0.15) is 25.7 Å². The number of pyridine rings is 1. The maximum Gasteiger partial charge on any atom is 0.305 e. The van der Waals surface area contributed by atoms with Gasteiger partial charge in [0.1, 0.15) is 17.8 Å². The van der Waals surface area contributed by atoms with E-state index in [-0.39, 0.29) is 19.1 Å². The molecule has 1 aliphatic carbocycles. The van der Waals surface area contributed by atoms with Crippen molar-refractivity contribution in [3.8, 4) is 0 Å². The van der Waals surface area contributed by atoms with Gasteiger partial charge in [0.05, 0.1) is 41.6 Å². The number of carbonyl (C=O) groups is 1. The minimum atomic E-state index is -0.853. The van der Waals surface area contributed by atoms with Crippen molar-refractivity contribution in [1.82, 2.24) is 4.98 Å². The van der Waals surface area contributed by atoms with E-state index in [1.165, 1.54) is 12.8 Å². The summed E-state index contributed by atoms with van der Waals surface area (Å²) in [5.41, 5.74) is 2.05. The minimum absolute atomic E-state index is 0.00628. The number of hydrogen-bond donors (Lipinski definition) is 3. The molecule has 0 unspecified atom stereocenters. The molecule has 4 N–H and O–H groups in total. The maximum absolute atomic E-state index is 10.8. The van der Waals surface area contributed by atoms with E-state index < -0.39 is 5.97 Å². The Bertz CT molecular complexity index is 1040. The third-order valence-electron chi connectivity index (χ3n) is 5.92. The van der Waals surface area contributed by atoms with Gasteiger partial charge in [0.25, 0.3) is 0 Å². The fourth-order valence-electron chi connectivity index (χ4n) is 4.18. The number of quaternary nitrogens is 1. The number of hydrogen-bond acceptors (Lipinski definition) is 5. The van der Waals surface area contributed by atoms with Crippen molar-refractivity contribution in [2.45, 2.75) is 31.7 Å². The van der Waals surface area contributed by atoms with Crippen LogP contribution in [0.25, 0.3) is 10.9 Å². The van der Waals surface area contributed by atoms with Gasteiger partial charge in [-0.2, -0.15) is 4.99 Å². The Balaban J connectivity index is 1.65. The van der Waals surface area contributed by atoms with Gasteiger partial charge < -0.3 is 14.7 Å². The number of fused-ring (bicyclic) bond motifs is 1. The third-order valence-corrected chi connectivity index (χ3v) is 7.12. The van der Waals surface area contributed by atoms with Crippen LogP contribution < -0.4 is 10.2 Å². The summed E-state index contributed by atoms with van der Waals surface area (Å²) in [5, 5.41) is 19.3. The molecule has 1 saturated carbocycles. The standard InChI is InChI=1S/C21H23BrClN5O3/c22-15-6-18-14(5-16(15)23)17(26-12-25-11-24)7-19(27-18)28-10-21(2-3-21)8-13(28)9-31-4-1-20(29)30/h5-7,11-13H,1-4,8-10H2,(H,29,30)(H2,24,25,26,27)/p+1/t13-/m0/s1. The average molecular weight is 510 g/mol. The predicted octanol–water partition coefficient (Wildman–Crippen LogP) is 3.33. The minimum Gasteiger partial charge on any atom is -0.481 e. The molecule has 1 atom stereocenters. The van der Waals surface area contributed by atoms with Crippen molar-refractivity contribution in [1.29, 1.82) is 5.41 Å². The summed E-state index contributed by atoms with van der Waals surface area (Å²) in [4.78, 5) is 21.9. The number of ether oxygens (including phenoxy) is 1. The molecule has 0 bridgehead atoms. The van der Waals surface area contributed by atoms with Gasteiger partial charge in [-0.15, -0.1) is 0 Å². The second-order valence-electron chi connectivity index (χ2n) is 8.15. The molecule has 1 aromatic carbocycles. The highest BCUT2D eigenvalue weighted by atomic mass is 79.9. The van der Waals surface area contributed by atoms with E-state index in [4.69, 9.17) is 31.8 Å². The van der Waals surface area contributed by atoms with Crippen LogP contribution in [-0.2, 0) is 9.53 Å². The Hall–Kier alpha value is -2.07. The quantitative estimate of drug-likeness (QED) is 0.272. The van der Waals surface area contributed by atoms with Crippen LogP contribution in [0.3, 0.4) is 0 Å². The zero-order valence-electron chi connectivity index (χ0n) is 16.9. The fourth-order valence-corrected chi connectivity index (χ4v) is 4.68. The smallest absolute Gasteiger partial charge is 0.305 e. The van der Waals surface area contributed by atoms with Crippen molar-refractivity contribution in [3.05, 3.63) is 27.7 Å². The van der Waals surface area contributed by atoms with Crippen LogP contribution in [0, 0.1) is 10.8 Å². The number of carboxylic acids is 1. The van der Waals surface area contributed by atoms with Gasteiger partial charge in [0.2, 0.25) is 0 Å². The van der Waals surface area contributed by atoms with Gasteiger partial charge >= 0.3 is 5.97 Å². The molecule has 164 valence electrons. The highest BCUT2D eigenvalue weighted by Crippen LogP contribution is 2.55. The summed E-state index contributed by atoms with van der Waals surface area (Å²) in [6.07, 6.45) is 6.01. The topological polar surface area (TPSA) is 115 Å². The number of aromatic nitrogens is 1. The van der Waals surface area contributed by atoms with Crippen LogP contribution in [-0.4, -0.2) is 54.5 Å². The molecule has 2 fully saturated rings. The molecule has 10 heteroatoms. The molecule has 0 amide bonds. The van der Waals surface area contributed by atoms with E-state index in [0.717, 1.165) is 46.2 Å². The molecule has 8 nitrogen and oxygen atoms in total. The van der Waals surface area contributed by atoms with Gasteiger partial charge in [-0.3, -0.25) is 15.5 Å². The molecule has 0 radical (unpaired) electrons. The Labute approximate surface area is 193 Å². The molecular weight excluding hydrogens is 486 g/mol. The highest BCUT2D eigenvalue weighted by molar-refractivity contribution is 9.10. The number of nitrogens with two attached hydrogens (primary N) is 1. The molecule has 1 aromatic heterocycles. The number of nitrogens with zero attached hydrogens (tertiary/aromatic N) is 3. The number of halogens is 2. The van der Waals surface area contributed by atoms with Crippen molar-refractivity contribution >= 4 is 68.6 Å². The number of benzene rings is 1. The molecular formula is C21H24BrClN5O3+. The van der Waals surface area contributed by atoms with Gasteiger partial charge in [-0.05, 0) is 52.7 Å². The van der Waals surface area contributed by atoms with Crippen LogP contribution in [0.15, 0.2) is 27.7 Å². The first-order chi connectivity index (χ1) is 14.9. The molecule has 1 spiro atoms. The lowest BCUT2D eigenvalue weighted by molar-refractivity contribution is -0.430. The largest absolute Gasteiger partial charge is 0.481 e. The molecule has 1 saturated heterocycles. The number of anilines is 1. The first-order valence-corrected chi connectivity index (χ1v) is 11.3. The van der Waals surface area contributed by atoms with E-state index in [1.54, 1.807) is 6.34 Å². The van der Waals surface area contributed by atoms with Crippen molar-refractivity contribution in [3.63, 3.8) is 0 Å². The molecule has 1 aliphatic heterocycles. The van der Waals surface area contributed by atoms with E-state index in [9.17, 15) is 4.79 Å². The molecule has 2 aromatic rings. The summed E-state index contributed by atoms with van der Waals surface area (Å²) in [6.45, 7) is 1.61. The molecule has 2 aliphatic rings. The van der Waals surface area contributed by atoms with Crippen molar-refractivity contribution in [2.75, 3.05) is 24.7 Å². The number of aliphatic imine (C=N–C) groups is 1. The normalized spacial score (nSPS) is 19.5. The van der Waals surface area contributed by atoms with E-state index in [1.807, 2.05) is 23.5 Å². The van der Waals surface area contributed by atoms with E-state index >= 15 is 0 Å². The predicted molar refractivity (Wildman–Crippen MR) is 124 cm³/mol. The molecule has 2 heterocycles. The highest BCUT2D eigenvalue weighted by Gasteiger charge is 2.52. The van der Waals surface area contributed by atoms with Gasteiger partial charge in [-0.25, -0.2) is 4.98 Å². The second-order valence-corrected chi connectivity index (χ2v) is 9.41. The zero-order chi connectivity index (χ0) is 22.0. The Kier molecular flexibility index (Phi) is 6.57. The summed E-state index contributed by atoms with van der Waals surface area (Å²) in [6, 6.07) is 5.96. The van der Waals surface area contributed by atoms with E-state index in [0.29, 0.717) is 17.0 Å². The van der Waals surface area contributed by atoms with Crippen LogP contribution in [0.2, 0.25) is 5.02 Å². The lowest BCUT2D eigenvalue weighted by Crippen LogP contribution is -2.76. The Morgan fingerprint density at radius 1 is 1.48 bits per heavy atom. The van der Waals surface area contributed by atoms with Gasteiger partial charge in [0.15, 0.2) is 6.34 Å². The van der Waals surface area contributed by atoms with Gasteiger partial charge in [0, 0.05) is 17.1 Å². The number of aliphatic carboxylic acids is 1. The summed E-state index contributed by atoms with van der Waals surface area (Å²) in [7, 11) is 0. The SMILES string of the molecule is N=CN=C[NH2+]c1cc(N2CC3(CC3)C[C@H]2COCCC(=O)O)nc2cc(Br)c(Cl)cc12. The fraction of sp³-hybridized carbons (Fsp3) is 0.429. The first kappa shape index (κ1) is 22.1. The zero-order valence-corrected chi connectivity index (χ0v) is 19.2. The third kappa shape index (κ3) is 5.06. The number of rotatable bonds is 9. The van der Waals surface area contributed by atoms with E-state index in [2.05, 4.69) is 25.8 Å². The van der Waals surface area contributed by atoms with Gasteiger partial charge in [-0.1, -0.05) is 11.6 Å². The summed E-state index contributed by atoms with van der Waals surface area (Å²) >= 11 is 9.81. The number of nitrogens with one attached hydrogen (secondary N) is 1. The summed E-state index contributed by atoms with van der Waals surface area (Å²) in [5.74, 6) is 0.000905. The first-order valence-electron chi connectivity index (χ1n) is 10.1. The summed E-state index contributed by atoms with van der Waals surface area (Å²) < 4.78 is 6.48. The Morgan fingerprint density at radius 2 is 2.29 bits per heavy atom. The molecule has 4 rings (SSSR count). The Morgan fingerprint density at radius 3 is 3.00 bits per heavy atom. The number of carboxylic acid groups (broad SMARTS) is 1. The van der Waals surface area contributed by atoms with Crippen molar-refractivity contribution < 1.29 is 20.0 Å². The lowest BCUT2D eigenvalue weighted by atomic mass is 10.0. The monoisotopic (exact) mass is 508 g/mol.